The standard InChI is InChI=1S/C16H12N2O6.C7H8O3S/c19-10-6-9(12(21)14-13(10)23-14)18-16(22)24-15-11(20)5-7-3-1-2-4-8(7)17-15;1-6-2-4-7(5-3-6)11(8,9)10/h1-6,12-14,20-21H,(H,18,22);2-5H,1H3,(H,8,9,10). The molecule has 1 aliphatic carbocycles. The number of hydrogen-bond donors (Lipinski definition) is 4. The van der Waals surface area contributed by atoms with Crippen molar-refractivity contribution in [3.8, 4) is 11.6 Å². The van der Waals surface area contributed by atoms with Gasteiger partial charge in [-0.3, -0.25) is 14.7 Å². The zero-order valence-corrected chi connectivity index (χ0v) is 19.0. The van der Waals surface area contributed by atoms with Gasteiger partial charge in [-0.15, -0.1) is 0 Å². The third-order valence-corrected chi connectivity index (χ3v) is 6.03. The Hall–Kier alpha value is -3.84. The number of aryl methyl sites for hydroxylation is 1. The third-order valence-electron chi connectivity index (χ3n) is 5.16. The van der Waals surface area contributed by atoms with Gasteiger partial charge in [0, 0.05) is 11.5 Å². The lowest BCUT2D eigenvalue weighted by atomic mass is 10.0. The Morgan fingerprint density at radius 2 is 1.83 bits per heavy atom. The fourth-order valence-corrected chi connectivity index (χ4v) is 3.78. The second kappa shape index (κ2) is 9.43. The Morgan fingerprint density at radius 3 is 2.51 bits per heavy atom. The van der Waals surface area contributed by atoms with Crippen molar-refractivity contribution >= 4 is 32.9 Å². The van der Waals surface area contributed by atoms with Crippen LogP contribution in [0, 0.1) is 6.92 Å². The SMILES string of the molecule is Cc1ccc(S(=O)(=O)O)cc1.O=C(NC1=CC(=O)C2OC2C1O)Oc1nc2ccccc2cc1O. The normalized spacial score (nSPS) is 20.7. The minimum atomic E-state index is -4.02. The van der Waals surface area contributed by atoms with E-state index in [2.05, 4.69) is 10.3 Å². The van der Waals surface area contributed by atoms with Crippen molar-refractivity contribution in [2.45, 2.75) is 30.1 Å². The molecule has 12 heteroatoms. The fraction of sp³-hybridized carbons (Fsp3) is 0.174. The van der Waals surface area contributed by atoms with E-state index in [1.165, 1.54) is 18.2 Å². The molecule has 35 heavy (non-hydrogen) atoms. The highest BCUT2D eigenvalue weighted by molar-refractivity contribution is 7.85. The molecule has 0 spiro atoms. The molecule has 1 saturated heterocycles. The number of aliphatic hydroxyl groups is 1. The number of epoxide rings is 1. The molecule has 182 valence electrons. The lowest BCUT2D eigenvalue weighted by Gasteiger charge is -2.16. The summed E-state index contributed by atoms with van der Waals surface area (Å²) in [4.78, 5) is 27.5. The monoisotopic (exact) mass is 500 g/mol. The predicted molar refractivity (Wildman–Crippen MR) is 121 cm³/mol. The van der Waals surface area contributed by atoms with Crippen molar-refractivity contribution < 1.29 is 42.2 Å². The van der Waals surface area contributed by atoms with Crippen LogP contribution in [-0.4, -0.2) is 58.4 Å². The smallest absolute Gasteiger partial charge is 0.418 e. The van der Waals surface area contributed by atoms with Crippen LogP contribution < -0.4 is 10.1 Å². The van der Waals surface area contributed by atoms with Crippen LogP contribution >= 0.6 is 0 Å². The van der Waals surface area contributed by atoms with E-state index in [4.69, 9.17) is 14.0 Å². The Bertz CT molecular complexity index is 1440. The molecule has 3 atom stereocenters. The molecule has 3 unspecified atom stereocenters. The number of carbonyl (C=O) groups excluding carboxylic acids is 2. The summed E-state index contributed by atoms with van der Waals surface area (Å²) < 4.78 is 39.5. The van der Waals surface area contributed by atoms with Crippen LogP contribution in [0.15, 0.2) is 71.3 Å². The lowest BCUT2D eigenvalue weighted by molar-refractivity contribution is -0.116. The summed E-state index contributed by atoms with van der Waals surface area (Å²) in [6.45, 7) is 1.84. The number of nitrogens with zero attached hydrogens (tertiary/aromatic N) is 1. The summed E-state index contributed by atoms with van der Waals surface area (Å²) in [5, 5.41) is 22.8. The molecule has 4 N–H and O–H groups in total. The summed E-state index contributed by atoms with van der Waals surface area (Å²) in [5.74, 6) is -0.903. The summed E-state index contributed by atoms with van der Waals surface area (Å²) in [5.41, 5.74) is 1.49. The minimum Gasteiger partial charge on any atom is -0.503 e. The van der Waals surface area contributed by atoms with Crippen LogP contribution in [0.4, 0.5) is 4.79 Å². The molecule has 1 amide bonds. The summed E-state index contributed by atoms with van der Waals surface area (Å²) in [6.07, 6.45) is -2.25. The maximum atomic E-state index is 12.0. The molecule has 1 fully saturated rings. The summed E-state index contributed by atoms with van der Waals surface area (Å²) in [6, 6.07) is 14.4. The van der Waals surface area contributed by atoms with Crippen molar-refractivity contribution in [2.24, 2.45) is 0 Å². The highest BCUT2D eigenvalue weighted by atomic mass is 32.2. The van der Waals surface area contributed by atoms with E-state index in [0.717, 1.165) is 11.6 Å². The summed E-state index contributed by atoms with van der Waals surface area (Å²) >= 11 is 0. The van der Waals surface area contributed by atoms with Gasteiger partial charge in [0.15, 0.2) is 11.5 Å². The number of hydrogen-bond acceptors (Lipinski definition) is 9. The van der Waals surface area contributed by atoms with Crippen LogP contribution in [0.1, 0.15) is 5.56 Å². The maximum Gasteiger partial charge on any atom is 0.418 e. The summed E-state index contributed by atoms with van der Waals surface area (Å²) in [7, 11) is -4.02. The van der Waals surface area contributed by atoms with Gasteiger partial charge >= 0.3 is 6.09 Å². The first-order valence-electron chi connectivity index (χ1n) is 10.2. The number of ketones is 1. The van der Waals surface area contributed by atoms with E-state index in [-0.39, 0.29) is 28.0 Å². The largest absolute Gasteiger partial charge is 0.503 e. The fourth-order valence-electron chi connectivity index (χ4n) is 3.30. The van der Waals surface area contributed by atoms with Crippen molar-refractivity contribution in [2.75, 3.05) is 0 Å². The number of ether oxygens (including phenoxy) is 2. The maximum absolute atomic E-state index is 12.0. The van der Waals surface area contributed by atoms with Crippen LogP contribution in [0.5, 0.6) is 11.6 Å². The van der Waals surface area contributed by atoms with Crippen LogP contribution in [0.25, 0.3) is 10.9 Å². The molecular weight excluding hydrogens is 480 g/mol. The number of nitrogens with one attached hydrogen (secondary N) is 1. The number of aromatic nitrogens is 1. The lowest BCUT2D eigenvalue weighted by Crippen LogP contribution is -2.38. The van der Waals surface area contributed by atoms with Gasteiger partial charge in [0.05, 0.1) is 16.1 Å². The number of rotatable bonds is 3. The molecule has 0 saturated carbocycles. The van der Waals surface area contributed by atoms with Gasteiger partial charge in [-0.2, -0.15) is 8.42 Å². The predicted octanol–water partition coefficient (Wildman–Crippen LogP) is 1.87. The first-order chi connectivity index (χ1) is 16.5. The third kappa shape index (κ3) is 5.63. The topological polar surface area (TPSA) is 176 Å². The molecule has 3 aromatic rings. The molecule has 1 aliphatic heterocycles. The van der Waals surface area contributed by atoms with E-state index in [1.54, 1.807) is 36.4 Å². The number of fused-ring (bicyclic) bond motifs is 2. The molecule has 5 rings (SSSR count). The van der Waals surface area contributed by atoms with E-state index < -0.39 is 34.5 Å². The molecule has 0 radical (unpaired) electrons. The van der Waals surface area contributed by atoms with E-state index >= 15 is 0 Å². The zero-order valence-electron chi connectivity index (χ0n) is 18.2. The Labute approximate surface area is 199 Å². The highest BCUT2D eigenvalue weighted by Gasteiger charge is 2.53. The number of carbonyl (C=O) groups is 2. The van der Waals surface area contributed by atoms with Gasteiger partial charge in [0.25, 0.3) is 16.0 Å². The Balaban J connectivity index is 0.000000221. The Kier molecular flexibility index (Phi) is 6.54. The van der Waals surface area contributed by atoms with Crippen molar-refractivity contribution in [1.82, 2.24) is 10.3 Å². The van der Waals surface area contributed by atoms with Gasteiger partial charge in [-0.1, -0.05) is 35.9 Å². The van der Waals surface area contributed by atoms with Crippen LogP contribution in [0.3, 0.4) is 0 Å². The molecular formula is C23H20N2O9S. The number of pyridine rings is 1. The van der Waals surface area contributed by atoms with Gasteiger partial charge in [0.2, 0.25) is 0 Å². The molecule has 0 bridgehead atoms. The molecule has 2 heterocycles. The van der Waals surface area contributed by atoms with Crippen LogP contribution in [-0.2, 0) is 19.6 Å². The number of aliphatic hydroxyl groups excluding tert-OH is 1. The van der Waals surface area contributed by atoms with Gasteiger partial charge in [-0.05, 0) is 31.2 Å². The molecule has 11 nitrogen and oxygen atoms in total. The highest BCUT2D eigenvalue weighted by Crippen LogP contribution is 2.33. The second-order valence-electron chi connectivity index (χ2n) is 7.78. The molecule has 2 aliphatic rings. The average molecular weight is 500 g/mol. The molecule has 1 aromatic heterocycles. The van der Waals surface area contributed by atoms with Crippen molar-refractivity contribution in [1.29, 1.82) is 0 Å². The van der Waals surface area contributed by atoms with E-state index in [0.29, 0.717) is 10.9 Å². The zero-order chi connectivity index (χ0) is 25.3. The second-order valence-corrected chi connectivity index (χ2v) is 9.20. The Morgan fingerprint density at radius 1 is 1.14 bits per heavy atom. The van der Waals surface area contributed by atoms with Crippen molar-refractivity contribution in [3.63, 3.8) is 0 Å². The quantitative estimate of drug-likeness (QED) is 0.307. The average Bonchev–Trinajstić information content (AvgIpc) is 3.60. The number of benzene rings is 2. The van der Waals surface area contributed by atoms with Crippen LogP contribution in [0.2, 0.25) is 0 Å². The van der Waals surface area contributed by atoms with E-state index in [9.17, 15) is 28.2 Å². The first kappa shape index (κ1) is 24.3. The van der Waals surface area contributed by atoms with Crippen molar-refractivity contribution in [3.05, 3.63) is 71.9 Å². The van der Waals surface area contributed by atoms with E-state index in [1.807, 2.05) is 6.92 Å². The number of para-hydroxylation sites is 1. The number of amides is 1. The molecule has 2 aromatic carbocycles. The first-order valence-corrected chi connectivity index (χ1v) is 11.7. The number of aromatic hydroxyl groups is 1. The van der Waals surface area contributed by atoms with Gasteiger partial charge in [0.1, 0.15) is 18.3 Å². The van der Waals surface area contributed by atoms with Gasteiger partial charge < -0.3 is 19.7 Å². The minimum absolute atomic E-state index is 0.0102. The van der Waals surface area contributed by atoms with Gasteiger partial charge in [-0.25, -0.2) is 9.78 Å².